The van der Waals surface area contributed by atoms with Crippen molar-refractivity contribution in [2.45, 2.75) is 0 Å². The van der Waals surface area contributed by atoms with Gasteiger partial charge in [-0.1, -0.05) is 35.4 Å². The Balaban J connectivity index is 1.43. The van der Waals surface area contributed by atoms with Crippen LogP contribution in [-0.2, 0) is 0 Å². The van der Waals surface area contributed by atoms with Crippen LogP contribution in [0.15, 0.2) is 72.6 Å². The van der Waals surface area contributed by atoms with Crippen LogP contribution in [0.2, 0.25) is 0 Å². The van der Waals surface area contributed by atoms with E-state index in [0.717, 1.165) is 5.39 Å². The van der Waals surface area contributed by atoms with Crippen molar-refractivity contribution >= 4 is 33.9 Å². The summed E-state index contributed by atoms with van der Waals surface area (Å²) in [6, 6.07) is 15.3. The van der Waals surface area contributed by atoms with E-state index in [4.69, 9.17) is 18.0 Å². The van der Waals surface area contributed by atoms with Crippen LogP contribution in [0.5, 0.6) is 5.75 Å². The standard InChI is InChI=1S/C21H13N3O6/c1-27-15-8-4-6-12-10-16(28-17(12)15)19-23-24-21(30-19)22-18(25)13-9-11-5-2-3-7-14(11)29-20(13)26/h2-10H,1H3,(H,22,24,25). The van der Waals surface area contributed by atoms with Crippen LogP contribution in [0.3, 0.4) is 0 Å². The summed E-state index contributed by atoms with van der Waals surface area (Å²) in [6.07, 6.45) is 0. The lowest BCUT2D eigenvalue weighted by Crippen LogP contribution is -2.20. The quantitative estimate of drug-likeness (QED) is 0.449. The van der Waals surface area contributed by atoms with Gasteiger partial charge in [0, 0.05) is 10.8 Å². The molecule has 1 amide bonds. The molecule has 1 N–H and O–H groups in total. The molecule has 9 heteroatoms. The molecule has 0 fully saturated rings. The van der Waals surface area contributed by atoms with Gasteiger partial charge in [0.15, 0.2) is 17.1 Å². The van der Waals surface area contributed by atoms with Gasteiger partial charge in [-0.3, -0.25) is 10.1 Å². The molecule has 0 radical (unpaired) electrons. The normalized spacial score (nSPS) is 11.1. The number of hydrogen-bond acceptors (Lipinski definition) is 8. The first kappa shape index (κ1) is 17.7. The highest BCUT2D eigenvalue weighted by atomic mass is 16.5. The molecule has 0 unspecified atom stereocenters. The summed E-state index contributed by atoms with van der Waals surface area (Å²) in [5.74, 6) is 0.215. The molecule has 5 rings (SSSR count). The highest BCUT2D eigenvalue weighted by molar-refractivity contribution is 6.04. The van der Waals surface area contributed by atoms with Crippen molar-refractivity contribution < 1.29 is 22.8 Å². The smallest absolute Gasteiger partial charge is 0.349 e. The summed E-state index contributed by atoms with van der Waals surface area (Å²) in [5, 5.41) is 11.5. The largest absolute Gasteiger partial charge is 0.493 e. The Hall–Kier alpha value is -4.40. The molecule has 0 atom stereocenters. The van der Waals surface area contributed by atoms with E-state index in [2.05, 4.69) is 15.5 Å². The monoisotopic (exact) mass is 403 g/mol. The summed E-state index contributed by atoms with van der Waals surface area (Å²) in [6.45, 7) is 0. The third-order valence-electron chi connectivity index (χ3n) is 4.47. The number of hydrogen-bond donors (Lipinski definition) is 1. The molecule has 0 bridgehead atoms. The highest BCUT2D eigenvalue weighted by Crippen LogP contribution is 2.33. The van der Waals surface area contributed by atoms with Gasteiger partial charge in [0.25, 0.3) is 11.8 Å². The maximum atomic E-state index is 12.5. The minimum absolute atomic E-state index is 0.0640. The maximum absolute atomic E-state index is 12.5. The molecular formula is C21H13N3O6. The molecule has 0 saturated carbocycles. The number of fused-ring (bicyclic) bond motifs is 2. The predicted molar refractivity (Wildman–Crippen MR) is 106 cm³/mol. The summed E-state index contributed by atoms with van der Waals surface area (Å²) < 4.78 is 21.7. The number of ether oxygens (including phenoxy) is 1. The number of para-hydroxylation sites is 2. The molecule has 2 aromatic carbocycles. The topological polar surface area (TPSA) is 121 Å². The Bertz CT molecular complexity index is 1460. The van der Waals surface area contributed by atoms with Crippen LogP contribution in [-0.4, -0.2) is 23.2 Å². The van der Waals surface area contributed by atoms with Gasteiger partial charge in [0.1, 0.15) is 11.1 Å². The minimum Gasteiger partial charge on any atom is -0.493 e. The summed E-state index contributed by atoms with van der Waals surface area (Å²) >= 11 is 0. The van der Waals surface area contributed by atoms with Gasteiger partial charge in [-0.15, -0.1) is 5.10 Å². The third-order valence-corrected chi connectivity index (χ3v) is 4.47. The lowest BCUT2D eigenvalue weighted by molar-refractivity contribution is 0.102. The number of anilines is 1. The lowest BCUT2D eigenvalue weighted by atomic mass is 10.2. The number of rotatable bonds is 4. The maximum Gasteiger partial charge on any atom is 0.349 e. The van der Waals surface area contributed by atoms with Crippen LogP contribution in [0, 0.1) is 0 Å². The van der Waals surface area contributed by atoms with Crippen molar-refractivity contribution in [3.8, 4) is 17.4 Å². The molecule has 0 aliphatic rings. The molecule has 3 aromatic heterocycles. The number of carbonyl (C=O) groups excluding carboxylic acids is 1. The number of methoxy groups -OCH3 is 1. The second-order valence-corrected chi connectivity index (χ2v) is 6.34. The molecule has 9 nitrogen and oxygen atoms in total. The molecular weight excluding hydrogens is 390 g/mol. The van der Waals surface area contributed by atoms with Crippen LogP contribution in [0.25, 0.3) is 33.6 Å². The number of furan rings is 1. The summed E-state index contributed by atoms with van der Waals surface area (Å²) in [4.78, 5) is 24.6. The van der Waals surface area contributed by atoms with Gasteiger partial charge in [-0.05, 0) is 24.3 Å². The van der Waals surface area contributed by atoms with Gasteiger partial charge in [0.2, 0.25) is 0 Å². The molecule has 0 aliphatic carbocycles. The Labute approximate surface area is 167 Å². The van der Waals surface area contributed by atoms with E-state index >= 15 is 0 Å². The van der Waals surface area contributed by atoms with Gasteiger partial charge in [-0.2, -0.15) is 0 Å². The van der Waals surface area contributed by atoms with E-state index in [-0.39, 0.29) is 17.5 Å². The van der Waals surface area contributed by atoms with Crippen molar-refractivity contribution in [2.24, 2.45) is 0 Å². The third kappa shape index (κ3) is 2.98. The number of aromatic nitrogens is 2. The molecule has 0 spiro atoms. The fraction of sp³-hybridized carbons (Fsp3) is 0.0476. The van der Waals surface area contributed by atoms with E-state index < -0.39 is 11.5 Å². The van der Waals surface area contributed by atoms with Crippen molar-refractivity contribution in [2.75, 3.05) is 12.4 Å². The average Bonchev–Trinajstić information content (AvgIpc) is 3.39. The molecule has 30 heavy (non-hydrogen) atoms. The van der Waals surface area contributed by atoms with Crippen molar-refractivity contribution in [3.63, 3.8) is 0 Å². The molecule has 148 valence electrons. The second kappa shape index (κ2) is 6.89. The van der Waals surface area contributed by atoms with Gasteiger partial charge in [0.05, 0.1) is 7.11 Å². The fourth-order valence-electron chi connectivity index (χ4n) is 3.06. The van der Waals surface area contributed by atoms with Gasteiger partial charge < -0.3 is 18.0 Å². The number of nitrogens with zero attached hydrogens (tertiary/aromatic N) is 2. The number of nitrogens with one attached hydrogen (secondary N) is 1. The highest BCUT2D eigenvalue weighted by Gasteiger charge is 2.19. The van der Waals surface area contributed by atoms with E-state index in [1.54, 1.807) is 43.5 Å². The lowest BCUT2D eigenvalue weighted by Gasteiger charge is -2.01. The van der Waals surface area contributed by atoms with Crippen molar-refractivity contribution in [3.05, 3.63) is 70.6 Å². The van der Waals surface area contributed by atoms with Gasteiger partial charge in [-0.25, -0.2) is 4.79 Å². The predicted octanol–water partition coefficient (Wildman–Crippen LogP) is 3.85. The van der Waals surface area contributed by atoms with E-state index in [1.807, 2.05) is 12.1 Å². The summed E-state index contributed by atoms with van der Waals surface area (Å²) in [5.41, 5.74) is -0.0239. The van der Waals surface area contributed by atoms with Crippen molar-refractivity contribution in [1.29, 1.82) is 0 Å². The molecule has 5 aromatic rings. The number of benzene rings is 2. The fourth-order valence-corrected chi connectivity index (χ4v) is 3.06. The summed E-state index contributed by atoms with van der Waals surface area (Å²) in [7, 11) is 1.54. The number of amides is 1. The SMILES string of the molecule is COc1cccc2cc(-c3nnc(NC(=O)c4cc5ccccc5oc4=O)o3)oc12. The van der Waals surface area contributed by atoms with E-state index in [0.29, 0.717) is 28.1 Å². The van der Waals surface area contributed by atoms with Crippen LogP contribution in [0.1, 0.15) is 10.4 Å². The zero-order valence-electron chi connectivity index (χ0n) is 15.5. The Morgan fingerprint density at radius 3 is 2.67 bits per heavy atom. The van der Waals surface area contributed by atoms with Crippen LogP contribution >= 0.6 is 0 Å². The molecule has 0 aliphatic heterocycles. The van der Waals surface area contributed by atoms with Crippen molar-refractivity contribution in [1.82, 2.24) is 10.2 Å². The molecule has 0 saturated heterocycles. The van der Waals surface area contributed by atoms with E-state index in [9.17, 15) is 9.59 Å². The second-order valence-electron chi connectivity index (χ2n) is 6.34. The van der Waals surface area contributed by atoms with E-state index in [1.165, 1.54) is 6.07 Å². The first-order valence-electron chi connectivity index (χ1n) is 8.87. The van der Waals surface area contributed by atoms with Crippen LogP contribution < -0.4 is 15.7 Å². The number of carbonyl (C=O) groups is 1. The van der Waals surface area contributed by atoms with Crippen LogP contribution in [0.4, 0.5) is 6.01 Å². The minimum atomic E-state index is -0.768. The zero-order chi connectivity index (χ0) is 20.7. The first-order chi connectivity index (χ1) is 14.6. The Morgan fingerprint density at radius 2 is 1.80 bits per heavy atom. The average molecular weight is 403 g/mol. The first-order valence-corrected chi connectivity index (χ1v) is 8.87. The van der Waals surface area contributed by atoms with Gasteiger partial charge >= 0.3 is 11.6 Å². The zero-order valence-corrected chi connectivity index (χ0v) is 15.5. The Kier molecular flexibility index (Phi) is 4.06. The molecule has 3 heterocycles. The Morgan fingerprint density at radius 1 is 0.967 bits per heavy atom.